The SMILES string of the molecule is CCCCC(CC)COC(=O)/C(C#N)=C(/C1=CC=C(C)CC1)c1ccc(C)cc1. The van der Waals surface area contributed by atoms with Crippen LogP contribution in [-0.2, 0) is 9.53 Å². The summed E-state index contributed by atoms with van der Waals surface area (Å²) in [6.07, 6.45) is 10.1. The van der Waals surface area contributed by atoms with E-state index in [9.17, 15) is 10.1 Å². The zero-order chi connectivity index (χ0) is 21.2. The molecule has 0 heterocycles. The molecule has 0 bridgehead atoms. The Bertz CT molecular complexity index is 834. The Kier molecular flexibility index (Phi) is 8.93. The van der Waals surface area contributed by atoms with E-state index >= 15 is 0 Å². The molecule has 0 aromatic heterocycles. The molecule has 0 amide bonds. The summed E-state index contributed by atoms with van der Waals surface area (Å²) in [5.74, 6) is -0.161. The number of allylic oxidation sites excluding steroid dienone is 5. The van der Waals surface area contributed by atoms with Gasteiger partial charge in [-0.25, -0.2) is 4.79 Å². The van der Waals surface area contributed by atoms with E-state index < -0.39 is 5.97 Å². The second kappa shape index (κ2) is 11.4. The summed E-state index contributed by atoms with van der Waals surface area (Å²) < 4.78 is 5.62. The van der Waals surface area contributed by atoms with Gasteiger partial charge in [-0.2, -0.15) is 5.26 Å². The smallest absolute Gasteiger partial charge is 0.349 e. The lowest BCUT2D eigenvalue weighted by Crippen LogP contribution is -2.16. The predicted octanol–water partition coefficient (Wildman–Crippen LogP) is 6.70. The third kappa shape index (κ3) is 6.46. The minimum absolute atomic E-state index is 0.110. The molecule has 29 heavy (non-hydrogen) atoms. The quantitative estimate of drug-likeness (QED) is 0.267. The normalized spacial score (nSPS) is 15.6. The van der Waals surface area contributed by atoms with Crippen LogP contribution in [0.4, 0.5) is 0 Å². The minimum atomic E-state index is -0.509. The standard InChI is InChI=1S/C26H33NO2/c1-5-7-8-21(6-2)18-29-26(28)24(17-27)25(22-13-9-19(3)10-14-22)23-15-11-20(4)12-16-23/h9-11,13-15,21H,5-8,12,16,18H2,1-4H3/b25-24+. The number of benzene rings is 1. The number of hydrogen-bond acceptors (Lipinski definition) is 3. The lowest BCUT2D eigenvalue weighted by Gasteiger charge is -2.19. The first-order valence-corrected chi connectivity index (χ1v) is 10.7. The van der Waals surface area contributed by atoms with E-state index in [1.807, 2.05) is 37.3 Å². The van der Waals surface area contributed by atoms with Crippen molar-refractivity contribution in [2.45, 2.75) is 66.2 Å². The lowest BCUT2D eigenvalue weighted by atomic mass is 9.86. The molecule has 1 aromatic carbocycles. The van der Waals surface area contributed by atoms with Crippen molar-refractivity contribution >= 4 is 11.5 Å². The van der Waals surface area contributed by atoms with Crippen molar-refractivity contribution in [2.24, 2.45) is 5.92 Å². The molecule has 3 heteroatoms. The molecule has 2 rings (SSSR count). The van der Waals surface area contributed by atoms with Gasteiger partial charge in [0, 0.05) is 5.57 Å². The first-order valence-electron chi connectivity index (χ1n) is 10.7. The van der Waals surface area contributed by atoms with Gasteiger partial charge in [-0.05, 0) is 50.2 Å². The maximum absolute atomic E-state index is 12.9. The molecule has 1 unspecified atom stereocenters. The monoisotopic (exact) mass is 391 g/mol. The Hall–Kier alpha value is -2.60. The van der Waals surface area contributed by atoms with Crippen LogP contribution in [0.1, 0.15) is 70.4 Å². The minimum Gasteiger partial charge on any atom is -0.461 e. The topological polar surface area (TPSA) is 50.1 Å². The Labute approximate surface area is 175 Å². The first-order chi connectivity index (χ1) is 14.0. The second-order valence-corrected chi connectivity index (χ2v) is 7.95. The largest absolute Gasteiger partial charge is 0.461 e. The van der Waals surface area contributed by atoms with Gasteiger partial charge in [-0.1, -0.05) is 80.7 Å². The molecule has 0 N–H and O–H groups in total. The third-order valence-corrected chi connectivity index (χ3v) is 5.58. The van der Waals surface area contributed by atoms with Gasteiger partial charge >= 0.3 is 5.97 Å². The number of ether oxygens (including phenoxy) is 1. The predicted molar refractivity (Wildman–Crippen MR) is 119 cm³/mol. The number of hydrogen-bond donors (Lipinski definition) is 0. The molecule has 1 atom stereocenters. The highest BCUT2D eigenvalue weighted by Crippen LogP contribution is 2.34. The van der Waals surface area contributed by atoms with E-state index in [0.717, 1.165) is 55.2 Å². The molecule has 0 saturated carbocycles. The van der Waals surface area contributed by atoms with Crippen LogP contribution in [0.25, 0.3) is 5.57 Å². The fraction of sp³-hybridized carbons (Fsp3) is 0.462. The third-order valence-electron chi connectivity index (χ3n) is 5.58. The van der Waals surface area contributed by atoms with Gasteiger partial charge in [-0.3, -0.25) is 0 Å². The average Bonchev–Trinajstić information content (AvgIpc) is 2.73. The van der Waals surface area contributed by atoms with Crippen molar-refractivity contribution in [3.63, 3.8) is 0 Å². The van der Waals surface area contributed by atoms with Gasteiger partial charge in [0.15, 0.2) is 0 Å². The van der Waals surface area contributed by atoms with Gasteiger partial charge in [0.2, 0.25) is 0 Å². The molecule has 0 saturated heterocycles. The summed E-state index contributed by atoms with van der Waals surface area (Å²) in [7, 11) is 0. The molecule has 0 spiro atoms. The van der Waals surface area contributed by atoms with E-state index in [4.69, 9.17) is 4.74 Å². The van der Waals surface area contributed by atoms with Crippen LogP contribution >= 0.6 is 0 Å². The molecule has 0 fully saturated rings. The highest BCUT2D eigenvalue weighted by Gasteiger charge is 2.23. The van der Waals surface area contributed by atoms with Crippen LogP contribution in [0.5, 0.6) is 0 Å². The van der Waals surface area contributed by atoms with Crippen molar-refractivity contribution < 1.29 is 9.53 Å². The molecular weight excluding hydrogens is 358 g/mol. The van der Waals surface area contributed by atoms with E-state index in [-0.39, 0.29) is 5.57 Å². The summed E-state index contributed by atoms with van der Waals surface area (Å²) in [6, 6.07) is 10.1. The lowest BCUT2D eigenvalue weighted by molar-refractivity contribution is -0.139. The fourth-order valence-electron chi connectivity index (χ4n) is 3.53. The van der Waals surface area contributed by atoms with Crippen molar-refractivity contribution in [2.75, 3.05) is 6.61 Å². The number of aryl methyl sites for hydroxylation is 1. The van der Waals surface area contributed by atoms with E-state index in [1.165, 1.54) is 5.57 Å². The van der Waals surface area contributed by atoms with Crippen LogP contribution in [-0.4, -0.2) is 12.6 Å². The number of unbranched alkanes of at least 4 members (excludes halogenated alkanes) is 1. The van der Waals surface area contributed by atoms with Crippen LogP contribution in [0.2, 0.25) is 0 Å². The Morgan fingerprint density at radius 3 is 2.41 bits per heavy atom. The maximum Gasteiger partial charge on any atom is 0.349 e. The van der Waals surface area contributed by atoms with Crippen molar-refractivity contribution in [3.8, 4) is 6.07 Å². The van der Waals surface area contributed by atoms with E-state index in [2.05, 4.69) is 32.9 Å². The maximum atomic E-state index is 12.9. The summed E-state index contributed by atoms with van der Waals surface area (Å²) in [6.45, 7) is 8.79. The van der Waals surface area contributed by atoms with Gasteiger partial charge in [0.25, 0.3) is 0 Å². The number of rotatable bonds is 9. The van der Waals surface area contributed by atoms with Gasteiger partial charge in [0.05, 0.1) is 6.61 Å². The van der Waals surface area contributed by atoms with Crippen LogP contribution in [0.3, 0.4) is 0 Å². The first kappa shape index (κ1) is 22.7. The number of nitrogens with zero attached hydrogens (tertiary/aromatic N) is 1. The summed E-state index contributed by atoms with van der Waals surface area (Å²) in [4.78, 5) is 12.9. The number of carbonyl (C=O) groups excluding carboxylic acids is 1. The number of nitriles is 1. The summed E-state index contributed by atoms with van der Waals surface area (Å²) in [5, 5.41) is 9.88. The highest BCUT2D eigenvalue weighted by atomic mass is 16.5. The van der Waals surface area contributed by atoms with Crippen molar-refractivity contribution in [3.05, 3.63) is 64.3 Å². The Balaban J connectivity index is 2.37. The molecule has 1 aliphatic rings. The van der Waals surface area contributed by atoms with Crippen LogP contribution in [0, 0.1) is 24.2 Å². The van der Waals surface area contributed by atoms with Gasteiger partial charge < -0.3 is 4.74 Å². The van der Waals surface area contributed by atoms with E-state index in [1.54, 1.807) is 0 Å². The molecule has 3 nitrogen and oxygen atoms in total. The van der Waals surface area contributed by atoms with Crippen LogP contribution < -0.4 is 0 Å². The summed E-state index contributed by atoms with van der Waals surface area (Å²) >= 11 is 0. The fourth-order valence-corrected chi connectivity index (χ4v) is 3.53. The molecule has 0 radical (unpaired) electrons. The summed E-state index contributed by atoms with van der Waals surface area (Å²) in [5.41, 5.74) is 5.18. The zero-order valence-corrected chi connectivity index (χ0v) is 18.3. The highest BCUT2D eigenvalue weighted by molar-refractivity contribution is 6.05. The van der Waals surface area contributed by atoms with Crippen molar-refractivity contribution in [1.82, 2.24) is 0 Å². The zero-order valence-electron chi connectivity index (χ0n) is 18.3. The second-order valence-electron chi connectivity index (χ2n) is 7.95. The van der Waals surface area contributed by atoms with Gasteiger partial charge in [-0.15, -0.1) is 0 Å². The Morgan fingerprint density at radius 2 is 1.86 bits per heavy atom. The molecule has 1 aromatic rings. The van der Waals surface area contributed by atoms with Crippen molar-refractivity contribution in [1.29, 1.82) is 5.26 Å². The van der Waals surface area contributed by atoms with E-state index in [0.29, 0.717) is 18.1 Å². The average molecular weight is 392 g/mol. The molecule has 0 aliphatic heterocycles. The number of carbonyl (C=O) groups is 1. The number of esters is 1. The molecule has 1 aliphatic carbocycles. The Morgan fingerprint density at radius 1 is 1.14 bits per heavy atom. The van der Waals surface area contributed by atoms with Gasteiger partial charge in [0.1, 0.15) is 11.6 Å². The molecular formula is C26H33NO2. The van der Waals surface area contributed by atoms with Crippen LogP contribution in [0.15, 0.2) is 53.1 Å². The molecule has 154 valence electrons.